The highest BCUT2D eigenvalue weighted by molar-refractivity contribution is 5.92. The molecule has 204 valence electrons. The lowest BCUT2D eigenvalue weighted by Crippen LogP contribution is -2.40. The van der Waals surface area contributed by atoms with E-state index in [9.17, 15) is 19.8 Å². The zero-order valence-electron chi connectivity index (χ0n) is 22.0. The molecule has 0 atom stereocenters. The lowest BCUT2D eigenvalue weighted by molar-refractivity contribution is -0.132. The Balaban J connectivity index is 1.42. The first-order chi connectivity index (χ1) is 18.3. The lowest BCUT2D eigenvalue weighted by atomic mass is 9.96. The van der Waals surface area contributed by atoms with E-state index in [0.29, 0.717) is 44.1 Å². The van der Waals surface area contributed by atoms with Gasteiger partial charge in [-0.25, -0.2) is 0 Å². The van der Waals surface area contributed by atoms with Gasteiger partial charge in [-0.05, 0) is 36.5 Å². The van der Waals surface area contributed by atoms with Gasteiger partial charge >= 0.3 is 0 Å². The van der Waals surface area contributed by atoms with Gasteiger partial charge in [0.2, 0.25) is 23.7 Å². The van der Waals surface area contributed by atoms with Gasteiger partial charge < -0.3 is 31.1 Å². The Kier molecular flexibility index (Phi) is 8.74. The van der Waals surface area contributed by atoms with Crippen LogP contribution in [0, 0.1) is 5.92 Å². The molecule has 1 aromatic carbocycles. The highest BCUT2D eigenvalue weighted by Gasteiger charge is 2.26. The Labute approximate surface area is 221 Å². The third-order valence-corrected chi connectivity index (χ3v) is 6.77. The maximum atomic E-state index is 12.7. The quantitative estimate of drug-likeness (QED) is 0.267. The normalized spacial score (nSPS) is 14.3. The molecule has 38 heavy (non-hydrogen) atoms. The number of carbonyl (C=O) groups is 2. The van der Waals surface area contributed by atoms with E-state index < -0.39 is 6.04 Å². The van der Waals surface area contributed by atoms with Crippen molar-refractivity contribution in [1.82, 2.24) is 24.5 Å². The van der Waals surface area contributed by atoms with E-state index in [1.165, 1.54) is 0 Å². The number of aromatic nitrogens is 4. The number of hydrogen-bond donors (Lipinski definition) is 5. The fourth-order valence-corrected chi connectivity index (χ4v) is 4.40. The van der Waals surface area contributed by atoms with Gasteiger partial charge in [0, 0.05) is 43.7 Å². The lowest BCUT2D eigenvalue weighted by Gasteiger charge is -2.30. The second-order valence-electron chi connectivity index (χ2n) is 9.89. The Hall–Kier alpha value is -3.77. The smallest absolute Gasteiger partial charge is 0.229 e. The maximum Gasteiger partial charge on any atom is 0.229 e. The van der Waals surface area contributed by atoms with Crippen molar-refractivity contribution in [3.05, 3.63) is 41.6 Å². The van der Waals surface area contributed by atoms with Gasteiger partial charge in [0.15, 0.2) is 5.65 Å². The molecule has 0 aliphatic carbocycles. The van der Waals surface area contributed by atoms with Crippen molar-refractivity contribution >= 4 is 35.0 Å². The molecular weight excluding hydrogens is 488 g/mol. The minimum atomic E-state index is -0.583. The van der Waals surface area contributed by atoms with Crippen LogP contribution < -0.4 is 16.0 Å². The van der Waals surface area contributed by atoms with Crippen LogP contribution in [0.15, 0.2) is 30.5 Å². The molecule has 3 aromatic rings. The third-order valence-electron chi connectivity index (χ3n) is 6.77. The van der Waals surface area contributed by atoms with Gasteiger partial charge in [0.05, 0.1) is 25.5 Å². The molecule has 1 saturated heterocycles. The Morgan fingerprint density at radius 1 is 1.08 bits per heavy atom. The van der Waals surface area contributed by atoms with E-state index in [-0.39, 0.29) is 42.8 Å². The summed E-state index contributed by atoms with van der Waals surface area (Å²) in [5.41, 5.74) is 3.28. The number of amides is 2. The van der Waals surface area contributed by atoms with Crippen LogP contribution >= 0.6 is 0 Å². The molecule has 3 heterocycles. The van der Waals surface area contributed by atoms with Crippen LogP contribution in [0.3, 0.4) is 0 Å². The molecule has 0 spiro atoms. The molecule has 0 radical (unpaired) electrons. The molecular formula is C26H36N8O4. The Bertz CT molecular complexity index is 1250. The molecule has 4 rings (SSSR count). The number of anilines is 3. The fraction of sp³-hybridized carbons (Fsp3) is 0.500. The number of likely N-dealkylation sites (tertiary alicyclic amines) is 1. The highest BCUT2D eigenvalue weighted by atomic mass is 16.3. The minimum absolute atomic E-state index is 0.0221. The van der Waals surface area contributed by atoms with E-state index in [4.69, 9.17) is 0 Å². The first-order valence-corrected chi connectivity index (χ1v) is 12.9. The number of piperidine rings is 1. The van der Waals surface area contributed by atoms with Crippen molar-refractivity contribution in [3.8, 4) is 0 Å². The zero-order chi connectivity index (χ0) is 27.2. The molecule has 2 amide bonds. The second-order valence-corrected chi connectivity index (χ2v) is 9.89. The standard InChI is InChI=1S/C26H36N8O4/c1-16(2)22-13-28-34-23(22)31-25(30-21(14-35)15-36)32-26(34)27-12-18-4-6-20(7-5-18)29-24(38)19-8-10-33(11-9-19)17(3)37/h4-7,13,16,19,21,35-36H,8-12,14-15H2,1-3H3,(H,29,38)(H2,27,30,31,32). The summed E-state index contributed by atoms with van der Waals surface area (Å²) < 4.78 is 1.64. The summed E-state index contributed by atoms with van der Waals surface area (Å²) in [5.74, 6) is 0.868. The first kappa shape index (κ1) is 27.3. The van der Waals surface area contributed by atoms with Crippen LogP contribution in [-0.2, 0) is 16.1 Å². The highest BCUT2D eigenvalue weighted by Crippen LogP contribution is 2.23. The van der Waals surface area contributed by atoms with Crippen molar-refractivity contribution in [1.29, 1.82) is 0 Å². The number of hydrogen-bond acceptors (Lipinski definition) is 9. The SMILES string of the molecule is CC(=O)N1CCC(C(=O)Nc2ccc(CNc3nc(NC(CO)CO)nc4c(C(C)C)cnn34)cc2)CC1. The molecule has 2 aromatic heterocycles. The predicted molar refractivity (Wildman–Crippen MR) is 144 cm³/mol. The summed E-state index contributed by atoms with van der Waals surface area (Å²) >= 11 is 0. The van der Waals surface area contributed by atoms with Gasteiger partial charge in [-0.2, -0.15) is 19.6 Å². The summed E-state index contributed by atoms with van der Waals surface area (Å²) in [5, 5.41) is 32.6. The van der Waals surface area contributed by atoms with Crippen LogP contribution in [-0.4, -0.2) is 78.9 Å². The van der Waals surface area contributed by atoms with E-state index in [1.807, 2.05) is 24.3 Å². The van der Waals surface area contributed by atoms with Crippen molar-refractivity contribution in [2.75, 3.05) is 42.3 Å². The van der Waals surface area contributed by atoms with Crippen molar-refractivity contribution in [3.63, 3.8) is 0 Å². The summed E-state index contributed by atoms with van der Waals surface area (Å²) in [6.45, 7) is 6.82. The Morgan fingerprint density at radius 2 is 1.76 bits per heavy atom. The molecule has 1 aliphatic heterocycles. The monoisotopic (exact) mass is 524 g/mol. The van der Waals surface area contributed by atoms with Crippen LogP contribution in [0.1, 0.15) is 50.7 Å². The van der Waals surface area contributed by atoms with E-state index in [2.05, 4.69) is 44.9 Å². The molecule has 12 heteroatoms. The average molecular weight is 525 g/mol. The Morgan fingerprint density at radius 3 is 2.37 bits per heavy atom. The number of aliphatic hydroxyl groups is 2. The molecule has 1 aliphatic rings. The number of nitrogens with one attached hydrogen (secondary N) is 3. The molecule has 0 saturated carbocycles. The van der Waals surface area contributed by atoms with Crippen molar-refractivity contribution in [2.24, 2.45) is 5.92 Å². The van der Waals surface area contributed by atoms with Gasteiger partial charge in [0.1, 0.15) is 0 Å². The summed E-state index contributed by atoms with van der Waals surface area (Å²) in [7, 11) is 0. The van der Waals surface area contributed by atoms with Gasteiger partial charge in [-0.3, -0.25) is 9.59 Å². The largest absolute Gasteiger partial charge is 0.394 e. The summed E-state index contributed by atoms with van der Waals surface area (Å²) in [4.78, 5) is 35.0. The molecule has 1 fully saturated rings. The summed E-state index contributed by atoms with van der Waals surface area (Å²) in [6.07, 6.45) is 3.10. The predicted octanol–water partition coefficient (Wildman–Crippen LogP) is 1.82. The zero-order valence-corrected chi connectivity index (χ0v) is 22.0. The number of nitrogens with zero attached hydrogens (tertiary/aromatic N) is 5. The number of rotatable bonds is 10. The van der Waals surface area contributed by atoms with E-state index >= 15 is 0 Å². The molecule has 0 bridgehead atoms. The minimum Gasteiger partial charge on any atom is -0.394 e. The van der Waals surface area contributed by atoms with Gasteiger partial charge in [-0.15, -0.1) is 0 Å². The first-order valence-electron chi connectivity index (χ1n) is 12.9. The molecule has 12 nitrogen and oxygen atoms in total. The molecule has 5 N–H and O–H groups in total. The topological polar surface area (TPSA) is 157 Å². The number of fused-ring (bicyclic) bond motifs is 1. The fourth-order valence-electron chi connectivity index (χ4n) is 4.40. The number of carbonyl (C=O) groups excluding carboxylic acids is 2. The second kappa shape index (κ2) is 12.2. The van der Waals surface area contributed by atoms with Gasteiger partial charge in [-0.1, -0.05) is 26.0 Å². The van der Waals surface area contributed by atoms with Crippen LogP contribution in [0.5, 0.6) is 0 Å². The maximum absolute atomic E-state index is 12.7. The number of aliphatic hydroxyl groups excluding tert-OH is 2. The summed E-state index contributed by atoms with van der Waals surface area (Å²) in [6, 6.07) is 6.99. The third kappa shape index (κ3) is 6.37. The molecule has 0 unspecified atom stereocenters. The van der Waals surface area contributed by atoms with Crippen LogP contribution in [0.2, 0.25) is 0 Å². The van der Waals surface area contributed by atoms with Crippen LogP contribution in [0.25, 0.3) is 5.65 Å². The number of benzene rings is 1. The van der Waals surface area contributed by atoms with E-state index in [0.717, 1.165) is 16.8 Å². The van der Waals surface area contributed by atoms with Crippen molar-refractivity contribution in [2.45, 2.75) is 52.1 Å². The van der Waals surface area contributed by atoms with Crippen molar-refractivity contribution < 1.29 is 19.8 Å². The van der Waals surface area contributed by atoms with Gasteiger partial charge in [0.25, 0.3) is 0 Å². The van der Waals surface area contributed by atoms with Crippen LogP contribution in [0.4, 0.5) is 17.6 Å². The average Bonchev–Trinajstić information content (AvgIpc) is 3.35. The van der Waals surface area contributed by atoms with E-state index in [1.54, 1.807) is 22.5 Å².